The van der Waals surface area contributed by atoms with Gasteiger partial charge in [0.05, 0.1) is 19.2 Å². The molecule has 0 saturated heterocycles. The van der Waals surface area contributed by atoms with Crippen LogP contribution in [-0.2, 0) is 27.1 Å². The fourth-order valence-electron chi connectivity index (χ4n) is 4.08. The summed E-state index contributed by atoms with van der Waals surface area (Å²) in [7, 11) is 4.45. The van der Waals surface area contributed by atoms with E-state index in [0.717, 1.165) is 29.4 Å². The lowest BCUT2D eigenvalue weighted by Gasteiger charge is -2.13. The number of aromatic hydroxyl groups is 1. The Balaban J connectivity index is 2.06. The van der Waals surface area contributed by atoms with Crippen LogP contribution in [0.15, 0.2) is 38.6 Å². The minimum absolute atomic E-state index is 0.0484. The fraction of sp³-hybridized carbons (Fsp3) is 0.391. The molecule has 33 heavy (non-hydrogen) atoms. The maximum Gasteiger partial charge on any atom is 0.332 e. The summed E-state index contributed by atoms with van der Waals surface area (Å²) in [5.74, 6) is 0.475. The minimum Gasteiger partial charge on any atom is -0.497 e. The molecule has 0 saturated carbocycles. The SMILES string of the molecule is CCCCCc1c(O)n2c3c(=O)n(C)c(=O)n(C)c3nc2n(Cc2ccc(OC)cc2)c1=O. The normalized spacial score (nSPS) is 11.5. The average molecular weight is 453 g/mol. The molecule has 4 aromatic rings. The van der Waals surface area contributed by atoms with Gasteiger partial charge in [0.25, 0.3) is 11.1 Å². The molecule has 0 fully saturated rings. The number of unbranched alkanes of at least 4 members (excludes halogenated alkanes) is 2. The number of rotatable bonds is 7. The highest BCUT2D eigenvalue weighted by Gasteiger charge is 2.24. The first-order valence-corrected chi connectivity index (χ1v) is 10.9. The van der Waals surface area contributed by atoms with E-state index in [4.69, 9.17) is 4.74 Å². The summed E-state index contributed by atoms with van der Waals surface area (Å²) in [4.78, 5) is 43.4. The second kappa shape index (κ2) is 8.61. The molecule has 3 aromatic heterocycles. The second-order valence-electron chi connectivity index (χ2n) is 8.12. The van der Waals surface area contributed by atoms with Gasteiger partial charge in [-0.05, 0) is 30.5 Å². The van der Waals surface area contributed by atoms with E-state index in [2.05, 4.69) is 11.9 Å². The number of fused-ring (bicyclic) bond motifs is 3. The lowest BCUT2D eigenvalue weighted by atomic mass is 10.1. The summed E-state index contributed by atoms with van der Waals surface area (Å²) in [5.41, 5.74) is -0.311. The molecule has 0 bridgehead atoms. The topological polar surface area (TPSA) is 113 Å². The molecule has 0 aliphatic heterocycles. The van der Waals surface area contributed by atoms with Crippen LogP contribution in [0.4, 0.5) is 0 Å². The number of aromatic nitrogens is 5. The Hall–Kier alpha value is -3.82. The van der Waals surface area contributed by atoms with Gasteiger partial charge in [0, 0.05) is 14.1 Å². The lowest BCUT2D eigenvalue weighted by molar-refractivity contribution is 0.414. The van der Waals surface area contributed by atoms with E-state index in [1.165, 1.54) is 27.6 Å². The van der Waals surface area contributed by atoms with Crippen molar-refractivity contribution in [3.05, 3.63) is 66.6 Å². The zero-order valence-electron chi connectivity index (χ0n) is 19.2. The van der Waals surface area contributed by atoms with Crippen molar-refractivity contribution in [1.82, 2.24) is 23.1 Å². The van der Waals surface area contributed by atoms with Gasteiger partial charge in [-0.2, -0.15) is 4.98 Å². The molecular formula is C23H27N5O5. The smallest absolute Gasteiger partial charge is 0.332 e. The van der Waals surface area contributed by atoms with Crippen LogP contribution < -0.4 is 21.5 Å². The van der Waals surface area contributed by atoms with E-state index in [9.17, 15) is 19.5 Å². The van der Waals surface area contributed by atoms with Crippen LogP contribution in [0.25, 0.3) is 16.9 Å². The third-order valence-corrected chi connectivity index (χ3v) is 6.00. The third-order valence-electron chi connectivity index (χ3n) is 6.00. The largest absolute Gasteiger partial charge is 0.497 e. The number of aryl methyl sites for hydroxylation is 1. The van der Waals surface area contributed by atoms with Crippen molar-refractivity contribution in [3.8, 4) is 11.6 Å². The molecule has 10 heteroatoms. The van der Waals surface area contributed by atoms with Gasteiger partial charge >= 0.3 is 5.69 Å². The van der Waals surface area contributed by atoms with Crippen LogP contribution in [0.2, 0.25) is 0 Å². The van der Waals surface area contributed by atoms with Crippen LogP contribution in [-0.4, -0.2) is 35.3 Å². The first-order chi connectivity index (χ1) is 15.8. The van der Waals surface area contributed by atoms with Crippen molar-refractivity contribution in [3.63, 3.8) is 0 Å². The van der Waals surface area contributed by atoms with Gasteiger partial charge in [0.15, 0.2) is 11.2 Å². The van der Waals surface area contributed by atoms with Gasteiger partial charge in [0.2, 0.25) is 11.7 Å². The maximum absolute atomic E-state index is 13.5. The minimum atomic E-state index is -0.593. The number of imidazole rings is 1. The number of benzene rings is 1. The number of hydrogen-bond donors (Lipinski definition) is 1. The van der Waals surface area contributed by atoms with Crippen molar-refractivity contribution in [2.45, 2.75) is 39.2 Å². The molecule has 1 aromatic carbocycles. The Bertz CT molecular complexity index is 1520. The molecule has 0 atom stereocenters. The standard InChI is InChI=1S/C23H27N5O5/c1-5-6-7-8-16-19(29)27(13-14-9-11-15(33-4)12-10-14)22-24-18-17(28(22)20(16)30)21(31)26(3)23(32)25(18)2/h9-12,30H,5-8,13H2,1-4H3. The maximum atomic E-state index is 13.5. The van der Waals surface area contributed by atoms with Gasteiger partial charge in [-0.25, -0.2) is 9.20 Å². The van der Waals surface area contributed by atoms with Crippen molar-refractivity contribution >= 4 is 16.9 Å². The summed E-state index contributed by atoms with van der Waals surface area (Å²) in [6.07, 6.45) is 2.94. The predicted octanol–water partition coefficient (Wildman–Crippen LogP) is 1.54. The molecule has 4 rings (SSSR count). The van der Waals surface area contributed by atoms with E-state index in [0.29, 0.717) is 12.2 Å². The molecule has 0 aliphatic rings. The predicted molar refractivity (Wildman–Crippen MR) is 124 cm³/mol. The molecule has 10 nitrogen and oxygen atoms in total. The molecule has 0 aliphatic carbocycles. The zero-order chi connectivity index (χ0) is 23.9. The summed E-state index contributed by atoms with van der Waals surface area (Å²) in [6, 6.07) is 7.26. The van der Waals surface area contributed by atoms with Crippen LogP contribution in [0.3, 0.4) is 0 Å². The van der Waals surface area contributed by atoms with E-state index < -0.39 is 11.2 Å². The van der Waals surface area contributed by atoms with E-state index in [1.54, 1.807) is 19.2 Å². The quantitative estimate of drug-likeness (QED) is 0.425. The molecular weight excluding hydrogens is 426 g/mol. The first kappa shape index (κ1) is 22.4. The summed E-state index contributed by atoms with van der Waals surface area (Å²) < 4.78 is 10.1. The Morgan fingerprint density at radius 3 is 2.33 bits per heavy atom. The monoisotopic (exact) mass is 453 g/mol. The van der Waals surface area contributed by atoms with E-state index >= 15 is 0 Å². The van der Waals surface area contributed by atoms with Crippen LogP contribution in [0.1, 0.15) is 37.3 Å². The van der Waals surface area contributed by atoms with Gasteiger partial charge in [0.1, 0.15) is 5.75 Å². The molecule has 1 N–H and O–H groups in total. The summed E-state index contributed by atoms with van der Waals surface area (Å²) in [5, 5.41) is 11.1. The Labute approximate surface area is 188 Å². The van der Waals surface area contributed by atoms with Crippen LogP contribution >= 0.6 is 0 Å². The van der Waals surface area contributed by atoms with E-state index in [-0.39, 0.29) is 40.5 Å². The van der Waals surface area contributed by atoms with Gasteiger partial charge in [-0.3, -0.25) is 23.3 Å². The number of hydrogen-bond acceptors (Lipinski definition) is 6. The highest BCUT2D eigenvalue weighted by Crippen LogP contribution is 2.23. The van der Waals surface area contributed by atoms with Crippen molar-refractivity contribution in [2.75, 3.05) is 7.11 Å². The molecule has 174 valence electrons. The third kappa shape index (κ3) is 3.61. The first-order valence-electron chi connectivity index (χ1n) is 10.9. The van der Waals surface area contributed by atoms with Crippen LogP contribution in [0.5, 0.6) is 11.6 Å². The van der Waals surface area contributed by atoms with Gasteiger partial charge in [-0.15, -0.1) is 0 Å². The highest BCUT2D eigenvalue weighted by atomic mass is 16.5. The highest BCUT2D eigenvalue weighted by molar-refractivity contribution is 5.76. The second-order valence-corrected chi connectivity index (χ2v) is 8.12. The van der Waals surface area contributed by atoms with Crippen LogP contribution in [0, 0.1) is 0 Å². The van der Waals surface area contributed by atoms with E-state index in [1.807, 2.05) is 12.1 Å². The summed E-state index contributed by atoms with van der Waals surface area (Å²) in [6.45, 7) is 2.23. The lowest BCUT2D eigenvalue weighted by Crippen LogP contribution is -2.37. The Morgan fingerprint density at radius 1 is 1.00 bits per heavy atom. The zero-order valence-corrected chi connectivity index (χ0v) is 19.2. The Kier molecular flexibility index (Phi) is 5.84. The number of methoxy groups -OCH3 is 1. The number of nitrogens with zero attached hydrogens (tertiary/aromatic N) is 5. The van der Waals surface area contributed by atoms with Crippen molar-refractivity contribution in [2.24, 2.45) is 14.1 Å². The van der Waals surface area contributed by atoms with Crippen molar-refractivity contribution < 1.29 is 9.84 Å². The van der Waals surface area contributed by atoms with Gasteiger partial charge < -0.3 is 9.84 Å². The molecule has 0 spiro atoms. The fourth-order valence-corrected chi connectivity index (χ4v) is 4.08. The van der Waals surface area contributed by atoms with Gasteiger partial charge in [-0.1, -0.05) is 31.9 Å². The Morgan fingerprint density at radius 2 is 1.70 bits per heavy atom. The van der Waals surface area contributed by atoms with Crippen molar-refractivity contribution in [1.29, 1.82) is 0 Å². The molecule has 0 unspecified atom stereocenters. The average Bonchev–Trinajstić information content (AvgIpc) is 3.22. The molecule has 0 amide bonds. The molecule has 0 radical (unpaired) electrons. The summed E-state index contributed by atoms with van der Waals surface area (Å²) >= 11 is 0. The molecule has 3 heterocycles. The number of ether oxygens (including phenoxy) is 1.